The fraction of sp³-hybridized carbons (Fsp3) is 0.533. The van der Waals surface area contributed by atoms with E-state index in [-0.39, 0.29) is 24.0 Å². The van der Waals surface area contributed by atoms with Gasteiger partial charge in [-0.05, 0) is 37.8 Å². The van der Waals surface area contributed by atoms with Crippen LogP contribution in [0.4, 0.5) is 0 Å². The van der Waals surface area contributed by atoms with E-state index in [1.807, 2.05) is 11.8 Å². The van der Waals surface area contributed by atoms with Gasteiger partial charge in [-0.15, -0.1) is 24.0 Å². The van der Waals surface area contributed by atoms with Crippen LogP contribution in [0.3, 0.4) is 0 Å². The molecule has 3 nitrogen and oxygen atoms in total. The first-order valence-corrected chi connectivity index (χ1v) is 8.22. The van der Waals surface area contributed by atoms with Crippen LogP contribution in [-0.2, 0) is 6.54 Å². The van der Waals surface area contributed by atoms with Crippen LogP contribution >= 0.6 is 35.7 Å². The number of nitrogens with one attached hydrogen (secondary N) is 2. The van der Waals surface area contributed by atoms with E-state index < -0.39 is 0 Å². The van der Waals surface area contributed by atoms with Gasteiger partial charge in [0, 0.05) is 13.1 Å². The van der Waals surface area contributed by atoms with Gasteiger partial charge in [0.25, 0.3) is 0 Å². The molecular formula is C15H26IN3S. The van der Waals surface area contributed by atoms with Gasteiger partial charge >= 0.3 is 0 Å². The maximum absolute atomic E-state index is 4.61. The van der Waals surface area contributed by atoms with Crippen molar-refractivity contribution in [1.29, 1.82) is 0 Å². The number of nitrogens with zero attached hydrogens (tertiary/aromatic N) is 1. The lowest BCUT2D eigenvalue weighted by Gasteiger charge is -2.11. The minimum absolute atomic E-state index is 0. The molecule has 1 rings (SSSR count). The molecule has 5 heteroatoms. The van der Waals surface area contributed by atoms with Gasteiger partial charge in [0.1, 0.15) is 0 Å². The Morgan fingerprint density at radius 2 is 2.10 bits per heavy atom. The predicted molar refractivity (Wildman–Crippen MR) is 102 cm³/mol. The third kappa shape index (κ3) is 8.68. The van der Waals surface area contributed by atoms with E-state index in [0.717, 1.165) is 32.0 Å². The zero-order valence-corrected chi connectivity index (χ0v) is 15.8. The summed E-state index contributed by atoms with van der Waals surface area (Å²) in [5, 5.41) is 6.64. The molecule has 0 unspecified atom stereocenters. The summed E-state index contributed by atoms with van der Waals surface area (Å²) in [6.07, 6.45) is 3.30. The van der Waals surface area contributed by atoms with Crippen LogP contribution in [0.1, 0.15) is 24.5 Å². The summed E-state index contributed by atoms with van der Waals surface area (Å²) in [6, 6.07) is 8.49. The van der Waals surface area contributed by atoms with Crippen molar-refractivity contribution in [3.8, 4) is 0 Å². The molecule has 114 valence electrons. The topological polar surface area (TPSA) is 36.4 Å². The molecule has 0 aliphatic rings. The van der Waals surface area contributed by atoms with Crippen LogP contribution in [0.25, 0.3) is 0 Å². The van der Waals surface area contributed by atoms with Crippen LogP contribution in [0.2, 0.25) is 0 Å². The predicted octanol–water partition coefficient (Wildman–Crippen LogP) is 3.42. The number of hydrogen-bond acceptors (Lipinski definition) is 2. The van der Waals surface area contributed by atoms with Gasteiger partial charge in [0.05, 0.1) is 6.54 Å². The van der Waals surface area contributed by atoms with Crippen molar-refractivity contribution in [2.75, 3.05) is 25.1 Å². The van der Waals surface area contributed by atoms with Crippen LogP contribution in [0.15, 0.2) is 29.3 Å². The van der Waals surface area contributed by atoms with Crippen molar-refractivity contribution in [3.05, 3.63) is 35.4 Å². The van der Waals surface area contributed by atoms with Crippen LogP contribution in [-0.4, -0.2) is 31.1 Å². The first kappa shape index (κ1) is 19.6. The lowest BCUT2D eigenvalue weighted by Crippen LogP contribution is -2.37. The molecule has 0 fully saturated rings. The van der Waals surface area contributed by atoms with Crippen molar-refractivity contribution in [2.45, 2.75) is 26.8 Å². The molecule has 1 aromatic rings. The van der Waals surface area contributed by atoms with E-state index in [2.05, 4.69) is 60.0 Å². The van der Waals surface area contributed by atoms with Gasteiger partial charge < -0.3 is 10.6 Å². The highest BCUT2D eigenvalue weighted by molar-refractivity contribution is 14.0. The number of guanidine groups is 1. The molecule has 20 heavy (non-hydrogen) atoms. The zero-order chi connectivity index (χ0) is 13.9. The molecule has 0 aliphatic carbocycles. The van der Waals surface area contributed by atoms with Crippen molar-refractivity contribution < 1.29 is 0 Å². The third-order valence-electron chi connectivity index (χ3n) is 2.66. The SMILES string of the molecule is CCNC(=NCc1cccc(C)c1)NCCCSC.I. The number of halogens is 1. The summed E-state index contributed by atoms with van der Waals surface area (Å²) in [5.74, 6) is 2.09. The molecular weight excluding hydrogens is 381 g/mol. The van der Waals surface area contributed by atoms with Gasteiger partial charge in [0.2, 0.25) is 0 Å². The van der Waals surface area contributed by atoms with Crippen LogP contribution in [0, 0.1) is 6.92 Å². The first-order chi connectivity index (χ1) is 9.26. The van der Waals surface area contributed by atoms with Gasteiger partial charge in [-0.3, -0.25) is 0 Å². The van der Waals surface area contributed by atoms with Crippen molar-refractivity contribution in [2.24, 2.45) is 4.99 Å². The number of rotatable bonds is 7. The van der Waals surface area contributed by atoms with E-state index in [1.54, 1.807) is 0 Å². The van der Waals surface area contributed by atoms with Gasteiger partial charge in [-0.25, -0.2) is 4.99 Å². The van der Waals surface area contributed by atoms with Crippen molar-refractivity contribution in [1.82, 2.24) is 10.6 Å². The van der Waals surface area contributed by atoms with Crippen LogP contribution in [0.5, 0.6) is 0 Å². The van der Waals surface area contributed by atoms with E-state index >= 15 is 0 Å². The van der Waals surface area contributed by atoms with Crippen molar-refractivity contribution >= 4 is 41.7 Å². The molecule has 0 radical (unpaired) electrons. The minimum Gasteiger partial charge on any atom is -0.357 e. The van der Waals surface area contributed by atoms with Gasteiger partial charge in [0.15, 0.2) is 5.96 Å². The standard InChI is InChI=1S/C15H25N3S.HI/c1-4-16-15(17-9-6-10-19-3)18-12-14-8-5-7-13(2)11-14;/h5,7-8,11H,4,6,9-10,12H2,1-3H3,(H2,16,17,18);1H. The number of thioether (sulfide) groups is 1. The quantitative estimate of drug-likeness (QED) is 0.315. The lowest BCUT2D eigenvalue weighted by molar-refractivity contribution is 0.790. The normalized spacial score (nSPS) is 10.8. The highest BCUT2D eigenvalue weighted by Crippen LogP contribution is 2.04. The maximum atomic E-state index is 4.61. The third-order valence-corrected chi connectivity index (χ3v) is 3.36. The second-order valence-corrected chi connectivity index (χ2v) is 5.44. The average molecular weight is 407 g/mol. The first-order valence-electron chi connectivity index (χ1n) is 6.83. The largest absolute Gasteiger partial charge is 0.357 e. The number of hydrogen-bond donors (Lipinski definition) is 2. The fourth-order valence-corrected chi connectivity index (χ4v) is 2.18. The Balaban J connectivity index is 0.00000361. The summed E-state index contributed by atoms with van der Waals surface area (Å²) in [5.41, 5.74) is 2.53. The Labute approximate surface area is 144 Å². The Kier molecular flexibility index (Phi) is 12.1. The Morgan fingerprint density at radius 1 is 1.30 bits per heavy atom. The lowest BCUT2D eigenvalue weighted by atomic mass is 10.1. The number of benzene rings is 1. The molecule has 0 bridgehead atoms. The summed E-state index contributed by atoms with van der Waals surface area (Å²) < 4.78 is 0. The summed E-state index contributed by atoms with van der Waals surface area (Å²) >= 11 is 1.88. The second kappa shape index (κ2) is 12.3. The van der Waals surface area contributed by atoms with Crippen LogP contribution < -0.4 is 10.6 Å². The van der Waals surface area contributed by atoms with E-state index in [0.29, 0.717) is 0 Å². The molecule has 1 aromatic carbocycles. The van der Waals surface area contributed by atoms with E-state index in [9.17, 15) is 0 Å². The van der Waals surface area contributed by atoms with E-state index in [1.165, 1.54) is 16.9 Å². The molecule has 0 heterocycles. The zero-order valence-electron chi connectivity index (χ0n) is 12.6. The highest BCUT2D eigenvalue weighted by Gasteiger charge is 1.97. The average Bonchev–Trinajstić information content (AvgIpc) is 2.41. The Bertz CT molecular complexity index is 396. The molecule has 0 aliphatic heterocycles. The fourth-order valence-electron chi connectivity index (χ4n) is 1.75. The van der Waals surface area contributed by atoms with Gasteiger partial charge in [-0.2, -0.15) is 11.8 Å². The molecule has 0 saturated heterocycles. The summed E-state index contributed by atoms with van der Waals surface area (Å²) in [4.78, 5) is 4.61. The summed E-state index contributed by atoms with van der Waals surface area (Å²) in [6.45, 7) is 6.78. The highest BCUT2D eigenvalue weighted by atomic mass is 127. The number of aliphatic imine (C=N–C) groups is 1. The van der Waals surface area contributed by atoms with E-state index in [4.69, 9.17) is 0 Å². The molecule has 0 spiro atoms. The molecule has 0 atom stereocenters. The smallest absolute Gasteiger partial charge is 0.191 e. The molecule has 0 saturated carbocycles. The maximum Gasteiger partial charge on any atom is 0.191 e. The van der Waals surface area contributed by atoms with Gasteiger partial charge in [-0.1, -0.05) is 29.8 Å². The Morgan fingerprint density at radius 3 is 2.75 bits per heavy atom. The Hall–Kier alpha value is -0.430. The monoisotopic (exact) mass is 407 g/mol. The number of aryl methyl sites for hydroxylation is 1. The molecule has 0 aromatic heterocycles. The second-order valence-electron chi connectivity index (χ2n) is 4.46. The molecule has 0 amide bonds. The minimum atomic E-state index is 0. The summed E-state index contributed by atoms with van der Waals surface area (Å²) in [7, 11) is 0. The molecule has 2 N–H and O–H groups in total. The van der Waals surface area contributed by atoms with Crippen molar-refractivity contribution in [3.63, 3.8) is 0 Å².